The van der Waals surface area contributed by atoms with Crippen LogP contribution in [0.1, 0.15) is 18.5 Å². The number of thiocarbonyl (C=S) groups is 1. The predicted octanol–water partition coefficient (Wildman–Crippen LogP) is 5.79. The first kappa shape index (κ1) is 21.1. The third-order valence-corrected chi connectivity index (χ3v) is 6.66. The number of benzene rings is 3. The van der Waals surface area contributed by atoms with Gasteiger partial charge < -0.3 is 15.4 Å². The molecule has 3 aromatic carbocycles. The third-order valence-electron chi connectivity index (χ3n) is 5.87. The highest BCUT2D eigenvalue weighted by Crippen LogP contribution is 2.50. The van der Waals surface area contributed by atoms with Crippen LogP contribution in [0.3, 0.4) is 0 Å². The molecule has 2 bridgehead atoms. The maximum absolute atomic E-state index is 13.7. The van der Waals surface area contributed by atoms with Gasteiger partial charge in [-0.2, -0.15) is 0 Å². The highest BCUT2D eigenvalue weighted by molar-refractivity contribution is 7.80. The lowest BCUT2D eigenvalue weighted by Gasteiger charge is -2.56. The number of anilines is 2. The average molecular weight is 484 g/mol. The summed E-state index contributed by atoms with van der Waals surface area (Å²) in [6, 6.07) is 21.7. The van der Waals surface area contributed by atoms with Crippen molar-refractivity contribution in [2.75, 3.05) is 10.2 Å². The number of rotatable bonds is 3. The van der Waals surface area contributed by atoms with Gasteiger partial charge in [-0.1, -0.05) is 41.4 Å². The zero-order chi connectivity index (χ0) is 22.5. The zero-order valence-corrected chi connectivity index (χ0v) is 19.3. The van der Waals surface area contributed by atoms with Crippen LogP contribution in [0.4, 0.5) is 11.4 Å². The number of nitrogens with one attached hydrogen (secondary N) is 2. The average Bonchev–Trinajstić information content (AvgIpc) is 2.76. The molecule has 32 heavy (non-hydrogen) atoms. The number of carbonyl (C=O) groups is 1. The molecule has 2 N–H and O–H groups in total. The van der Waals surface area contributed by atoms with E-state index in [0.29, 0.717) is 26.6 Å². The summed E-state index contributed by atoms with van der Waals surface area (Å²) in [5.41, 5.74) is 1.19. The van der Waals surface area contributed by atoms with Crippen molar-refractivity contribution >= 4 is 57.8 Å². The highest BCUT2D eigenvalue weighted by Gasteiger charge is 2.59. The number of ether oxygens (including phenoxy) is 1. The summed E-state index contributed by atoms with van der Waals surface area (Å²) >= 11 is 18.0. The lowest BCUT2D eigenvalue weighted by molar-refractivity contribution is -0.130. The number of amides is 1. The summed E-state index contributed by atoms with van der Waals surface area (Å²) < 4.78 is 6.53. The van der Waals surface area contributed by atoms with Gasteiger partial charge in [-0.25, -0.2) is 0 Å². The van der Waals surface area contributed by atoms with E-state index in [1.54, 1.807) is 30.3 Å². The molecule has 2 heterocycles. The maximum Gasteiger partial charge on any atom is 0.236 e. The molecular formula is C24H19Cl2N3O2S. The Morgan fingerprint density at radius 2 is 1.75 bits per heavy atom. The van der Waals surface area contributed by atoms with Crippen LogP contribution in [0.2, 0.25) is 10.0 Å². The summed E-state index contributed by atoms with van der Waals surface area (Å²) in [5, 5.41) is 8.01. The molecule has 1 saturated heterocycles. The molecule has 1 fully saturated rings. The van der Waals surface area contributed by atoms with E-state index < -0.39 is 17.7 Å². The molecule has 0 aliphatic carbocycles. The van der Waals surface area contributed by atoms with Crippen molar-refractivity contribution < 1.29 is 9.53 Å². The first-order valence-corrected chi connectivity index (χ1v) is 11.2. The Morgan fingerprint density at radius 1 is 1.06 bits per heavy atom. The number of hydrogen-bond acceptors (Lipinski definition) is 3. The predicted molar refractivity (Wildman–Crippen MR) is 131 cm³/mol. The van der Waals surface area contributed by atoms with E-state index in [1.807, 2.05) is 54.3 Å². The van der Waals surface area contributed by atoms with E-state index >= 15 is 0 Å². The van der Waals surface area contributed by atoms with Gasteiger partial charge in [-0.15, -0.1) is 0 Å². The Balaban J connectivity index is 1.62. The summed E-state index contributed by atoms with van der Waals surface area (Å²) in [7, 11) is 0. The summed E-state index contributed by atoms with van der Waals surface area (Å²) in [4.78, 5) is 15.5. The molecule has 0 aromatic heterocycles. The Bertz CT molecular complexity index is 1210. The third kappa shape index (κ3) is 3.48. The van der Waals surface area contributed by atoms with Gasteiger partial charge in [0.25, 0.3) is 0 Å². The second-order valence-electron chi connectivity index (χ2n) is 7.91. The second-order valence-corrected chi connectivity index (χ2v) is 9.17. The Morgan fingerprint density at radius 3 is 2.47 bits per heavy atom. The van der Waals surface area contributed by atoms with E-state index in [-0.39, 0.29) is 5.91 Å². The minimum Gasteiger partial charge on any atom is -0.467 e. The van der Waals surface area contributed by atoms with Crippen LogP contribution in [0.15, 0.2) is 72.8 Å². The SMILES string of the molecule is C[C@]12Oc3ccc(Cl)cc3[C@@H](NC(=S)N1c1ccccc1)[C@H]2C(=O)Nc1ccc(Cl)cc1. The van der Waals surface area contributed by atoms with E-state index in [4.69, 9.17) is 40.2 Å². The van der Waals surface area contributed by atoms with Gasteiger partial charge in [-0.05, 0) is 73.7 Å². The van der Waals surface area contributed by atoms with Crippen LogP contribution in [-0.2, 0) is 4.79 Å². The molecule has 8 heteroatoms. The first-order chi connectivity index (χ1) is 15.4. The number of carbonyl (C=O) groups excluding carboxylic acids is 1. The van der Waals surface area contributed by atoms with Gasteiger partial charge in [0.05, 0.1) is 6.04 Å². The quantitative estimate of drug-likeness (QED) is 0.461. The fourth-order valence-electron chi connectivity index (χ4n) is 4.47. The molecule has 0 unspecified atom stereocenters. The monoisotopic (exact) mass is 483 g/mol. The Kier molecular flexibility index (Phi) is 5.24. The van der Waals surface area contributed by atoms with E-state index in [2.05, 4.69) is 10.6 Å². The lowest BCUT2D eigenvalue weighted by Crippen LogP contribution is -2.72. The van der Waals surface area contributed by atoms with Gasteiger partial charge in [-0.3, -0.25) is 9.69 Å². The normalized spacial score (nSPS) is 23.6. The minimum atomic E-state index is -1.08. The lowest BCUT2D eigenvalue weighted by atomic mass is 9.78. The Hall–Kier alpha value is -2.80. The smallest absolute Gasteiger partial charge is 0.236 e. The fraction of sp³-hybridized carbons (Fsp3) is 0.167. The van der Waals surface area contributed by atoms with Crippen molar-refractivity contribution in [3.8, 4) is 5.75 Å². The van der Waals surface area contributed by atoms with Crippen molar-refractivity contribution in [3.63, 3.8) is 0 Å². The molecule has 0 spiro atoms. The molecule has 3 atom stereocenters. The van der Waals surface area contributed by atoms with Gasteiger partial charge in [0, 0.05) is 27.0 Å². The van der Waals surface area contributed by atoms with Gasteiger partial charge in [0.15, 0.2) is 10.8 Å². The van der Waals surface area contributed by atoms with Crippen LogP contribution >= 0.6 is 35.4 Å². The number of hydrogen-bond donors (Lipinski definition) is 2. The number of fused-ring (bicyclic) bond motifs is 4. The van der Waals surface area contributed by atoms with Crippen molar-refractivity contribution in [1.29, 1.82) is 0 Å². The van der Waals surface area contributed by atoms with Gasteiger partial charge in [0.1, 0.15) is 11.7 Å². The maximum atomic E-state index is 13.7. The molecule has 0 radical (unpaired) electrons. The van der Waals surface area contributed by atoms with Gasteiger partial charge >= 0.3 is 0 Å². The van der Waals surface area contributed by atoms with Crippen LogP contribution in [0.25, 0.3) is 0 Å². The van der Waals surface area contributed by atoms with Crippen molar-refractivity contribution in [3.05, 3.63) is 88.4 Å². The zero-order valence-electron chi connectivity index (χ0n) is 17.0. The van der Waals surface area contributed by atoms with E-state index in [1.165, 1.54) is 0 Å². The summed E-state index contributed by atoms with van der Waals surface area (Å²) in [6.07, 6.45) is 0. The summed E-state index contributed by atoms with van der Waals surface area (Å²) in [6.45, 7) is 1.89. The topological polar surface area (TPSA) is 53.6 Å². The van der Waals surface area contributed by atoms with Crippen molar-refractivity contribution in [1.82, 2.24) is 5.32 Å². The fourth-order valence-corrected chi connectivity index (χ4v) is 5.19. The standard InChI is InChI=1S/C24H19Cl2N3O2S/c1-24-20(22(30)27-16-10-7-14(25)8-11-16)21(18-13-15(26)9-12-19(18)31-24)28-23(32)29(24)17-5-3-2-4-6-17/h2-13,20-21H,1H3,(H,27,30)(H,28,32)/t20-,21+,24+/m0/s1. The molecule has 2 aliphatic rings. The van der Waals surface area contributed by atoms with Crippen LogP contribution in [0.5, 0.6) is 5.75 Å². The molecular weight excluding hydrogens is 465 g/mol. The largest absolute Gasteiger partial charge is 0.467 e. The minimum absolute atomic E-state index is 0.207. The molecule has 5 nitrogen and oxygen atoms in total. The Labute approximate surface area is 201 Å². The van der Waals surface area contributed by atoms with Crippen LogP contribution < -0.4 is 20.3 Å². The summed E-state index contributed by atoms with van der Waals surface area (Å²) in [5.74, 6) is -0.189. The molecule has 162 valence electrons. The molecule has 2 aliphatic heterocycles. The molecule has 1 amide bonds. The van der Waals surface area contributed by atoms with Crippen molar-refractivity contribution in [2.24, 2.45) is 5.92 Å². The highest BCUT2D eigenvalue weighted by atomic mass is 35.5. The molecule has 5 rings (SSSR count). The van der Waals surface area contributed by atoms with Crippen LogP contribution in [0, 0.1) is 5.92 Å². The van der Waals surface area contributed by atoms with Crippen molar-refractivity contribution in [2.45, 2.75) is 18.7 Å². The number of halogens is 2. The van der Waals surface area contributed by atoms with E-state index in [0.717, 1.165) is 11.3 Å². The number of nitrogens with zero attached hydrogens (tertiary/aromatic N) is 1. The van der Waals surface area contributed by atoms with Gasteiger partial charge in [0.2, 0.25) is 5.91 Å². The second kappa shape index (κ2) is 7.96. The molecule has 0 saturated carbocycles. The van der Waals surface area contributed by atoms with Crippen LogP contribution in [-0.4, -0.2) is 16.7 Å². The molecule has 3 aromatic rings. The van der Waals surface area contributed by atoms with E-state index in [9.17, 15) is 4.79 Å². The number of para-hydroxylation sites is 1. The first-order valence-electron chi connectivity index (χ1n) is 10.1.